The standard InChI is InChI=1S/C16H23BrN2O2/c1-11(18)12-3-2-4-19(9-12)10-13-7-15-16(8-14(13)17)21-6-5-20-15/h7-8,11-12H,2-6,9-10,18H2,1H3. The Morgan fingerprint density at radius 3 is 2.76 bits per heavy atom. The predicted octanol–water partition coefficient (Wildman–Crippen LogP) is 2.78. The van der Waals surface area contributed by atoms with Crippen molar-refractivity contribution in [3.8, 4) is 11.5 Å². The summed E-state index contributed by atoms with van der Waals surface area (Å²) >= 11 is 3.66. The maximum absolute atomic E-state index is 6.07. The fourth-order valence-corrected chi connectivity index (χ4v) is 3.58. The topological polar surface area (TPSA) is 47.7 Å². The van der Waals surface area contributed by atoms with E-state index >= 15 is 0 Å². The van der Waals surface area contributed by atoms with Crippen molar-refractivity contribution < 1.29 is 9.47 Å². The van der Waals surface area contributed by atoms with Gasteiger partial charge in [-0.15, -0.1) is 0 Å². The number of nitrogens with zero attached hydrogens (tertiary/aromatic N) is 1. The minimum atomic E-state index is 0.275. The van der Waals surface area contributed by atoms with Gasteiger partial charge in [-0.3, -0.25) is 4.90 Å². The lowest BCUT2D eigenvalue weighted by atomic mass is 9.92. The third-order valence-corrected chi connectivity index (χ3v) is 5.13. The summed E-state index contributed by atoms with van der Waals surface area (Å²) in [5, 5.41) is 0. The number of rotatable bonds is 3. The van der Waals surface area contributed by atoms with Crippen molar-refractivity contribution in [1.82, 2.24) is 4.90 Å². The van der Waals surface area contributed by atoms with E-state index < -0.39 is 0 Å². The first kappa shape index (κ1) is 15.1. The third kappa shape index (κ3) is 3.52. The molecule has 1 fully saturated rings. The van der Waals surface area contributed by atoms with Crippen LogP contribution in [-0.2, 0) is 6.54 Å². The van der Waals surface area contributed by atoms with Gasteiger partial charge in [-0.25, -0.2) is 0 Å². The number of ether oxygens (including phenoxy) is 2. The van der Waals surface area contributed by atoms with Crippen molar-refractivity contribution in [3.05, 3.63) is 22.2 Å². The number of hydrogen-bond donors (Lipinski definition) is 1. The zero-order valence-electron chi connectivity index (χ0n) is 12.5. The van der Waals surface area contributed by atoms with Crippen LogP contribution in [0.1, 0.15) is 25.3 Å². The summed E-state index contributed by atoms with van der Waals surface area (Å²) in [6.45, 7) is 6.53. The quantitative estimate of drug-likeness (QED) is 0.906. The molecule has 5 heteroatoms. The first-order chi connectivity index (χ1) is 10.1. The Balaban J connectivity index is 1.72. The van der Waals surface area contributed by atoms with Gasteiger partial charge in [-0.05, 0) is 49.9 Å². The monoisotopic (exact) mass is 354 g/mol. The van der Waals surface area contributed by atoms with Crippen LogP contribution in [0.3, 0.4) is 0 Å². The van der Waals surface area contributed by atoms with E-state index in [1.54, 1.807) is 0 Å². The van der Waals surface area contributed by atoms with Gasteiger partial charge in [0.05, 0.1) is 0 Å². The molecular formula is C16H23BrN2O2. The maximum atomic E-state index is 6.07. The van der Waals surface area contributed by atoms with Crippen LogP contribution in [0.2, 0.25) is 0 Å². The molecule has 2 unspecified atom stereocenters. The summed E-state index contributed by atoms with van der Waals surface area (Å²) in [5.74, 6) is 2.30. The molecule has 2 atom stereocenters. The fourth-order valence-electron chi connectivity index (χ4n) is 3.13. The van der Waals surface area contributed by atoms with E-state index in [0.717, 1.165) is 35.6 Å². The smallest absolute Gasteiger partial charge is 0.162 e. The first-order valence-corrected chi connectivity index (χ1v) is 8.49. The van der Waals surface area contributed by atoms with E-state index in [4.69, 9.17) is 15.2 Å². The molecule has 2 aliphatic heterocycles. The Kier molecular flexibility index (Phi) is 4.72. The average Bonchev–Trinajstić information content (AvgIpc) is 2.48. The third-order valence-electron chi connectivity index (χ3n) is 4.39. The highest BCUT2D eigenvalue weighted by atomic mass is 79.9. The van der Waals surface area contributed by atoms with Crippen molar-refractivity contribution in [2.45, 2.75) is 32.4 Å². The lowest BCUT2D eigenvalue weighted by Crippen LogP contribution is -2.41. The largest absolute Gasteiger partial charge is 0.486 e. The first-order valence-electron chi connectivity index (χ1n) is 7.69. The van der Waals surface area contributed by atoms with E-state index in [-0.39, 0.29) is 6.04 Å². The molecule has 2 heterocycles. The highest BCUT2D eigenvalue weighted by Crippen LogP contribution is 2.36. The molecule has 116 valence electrons. The molecule has 1 saturated heterocycles. The van der Waals surface area contributed by atoms with Gasteiger partial charge in [0.2, 0.25) is 0 Å². The summed E-state index contributed by atoms with van der Waals surface area (Å²) in [7, 11) is 0. The van der Waals surface area contributed by atoms with Crippen LogP contribution in [0.15, 0.2) is 16.6 Å². The second-order valence-electron chi connectivity index (χ2n) is 6.08. The van der Waals surface area contributed by atoms with E-state index in [2.05, 4.69) is 33.8 Å². The maximum Gasteiger partial charge on any atom is 0.162 e. The Hall–Kier alpha value is -0.780. The number of likely N-dealkylation sites (tertiary alicyclic amines) is 1. The van der Waals surface area contributed by atoms with Gasteiger partial charge in [-0.2, -0.15) is 0 Å². The van der Waals surface area contributed by atoms with E-state index in [0.29, 0.717) is 19.1 Å². The SMILES string of the molecule is CC(N)C1CCCN(Cc2cc3c(cc2Br)OCCO3)C1. The van der Waals surface area contributed by atoms with Crippen LogP contribution in [0, 0.1) is 5.92 Å². The Labute approximate surface area is 134 Å². The molecule has 0 aromatic heterocycles. The van der Waals surface area contributed by atoms with Crippen molar-refractivity contribution in [3.63, 3.8) is 0 Å². The zero-order valence-corrected chi connectivity index (χ0v) is 14.1. The summed E-state index contributed by atoms with van der Waals surface area (Å²) in [5.41, 5.74) is 7.33. The van der Waals surface area contributed by atoms with Crippen molar-refractivity contribution in [2.75, 3.05) is 26.3 Å². The number of halogens is 1. The second-order valence-corrected chi connectivity index (χ2v) is 6.94. The van der Waals surface area contributed by atoms with Crippen LogP contribution in [-0.4, -0.2) is 37.2 Å². The molecule has 0 saturated carbocycles. The Morgan fingerprint density at radius 2 is 2.05 bits per heavy atom. The predicted molar refractivity (Wildman–Crippen MR) is 86.8 cm³/mol. The van der Waals surface area contributed by atoms with E-state index in [1.165, 1.54) is 18.4 Å². The molecule has 0 spiro atoms. The van der Waals surface area contributed by atoms with Crippen molar-refractivity contribution >= 4 is 15.9 Å². The average molecular weight is 355 g/mol. The molecule has 2 aliphatic rings. The van der Waals surface area contributed by atoms with E-state index in [1.807, 2.05) is 6.07 Å². The molecule has 0 radical (unpaired) electrons. The fraction of sp³-hybridized carbons (Fsp3) is 0.625. The number of fused-ring (bicyclic) bond motifs is 1. The lowest BCUT2D eigenvalue weighted by molar-refractivity contribution is 0.152. The lowest BCUT2D eigenvalue weighted by Gasteiger charge is -2.35. The summed E-state index contributed by atoms with van der Waals surface area (Å²) in [6.07, 6.45) is 2.48. The summed E-state index contributed by atoms with van der Waals surface area (Å²) < 4.78 is 12.4. The molecule has 21 heavy (non-hydrogen) atoms. The highest BCUT2D eigenvalue weighted by Gasteiger charge is 2.24. The van der Waals surface area contributed by atoms with Gasteiger partial charge in [0.25, 0.3) is 0 Å². The summed E-state index contributed by atoms with van der Waals surface area (Å²) in [6, 6.07) is 4.40. The highest BCUT2D eigenvalue weighted by molar-refractivity contribution is 9.10. The molecule has 0 bridgehead atoms. The minimum absolute atomic E-state index is 0.275. The number of benzene rings is 1. The van der Waals surface area contributed by atoms with Gasteiger partial charge < -0.3 is 15.2 Å². The molecule has 0 aliphatic carbocycles. The van der Waals surface area contributed by atoms with Crippen molar-refractivity contribution in [1.29, 1.82) is 0 Å². The molecular weight excluding hydrogens is 332 g/mol. The molecule has 4 nitrogen and oxygen atoms in total. The van der Waals surface area contributed by atoms with Gasteiger partial charge in [0, 0.05) is 23.6 Å². The van der Waals surface area contributed by atoms with Crippen LogP contribution in [0.4, 0.5) is 0 Å². The van der Waals surface area contributed by atoms with Crippen molar-refractivity contribution in [2.24, 2.45) is 11.7 Å². The number of piperidine rings is 1. The molecule has 1 aromatic carbocycles. The second kappa shape index (κ2) is 6.55. The number of hydrogen-bond acceptors (Lipinski definition) is 4. The van der Waals surface area contributed by atoms with E-state index in [9.17, 15) is 0 Å². The summed E-state index contributed by atoms with van der Waals surface area (Å²) in [4.78, 5) is 2.49. The molecule has 2 N–H and O–H groups in total. The van der Waals surface area contributed by atoms with Gasteiger partial charge in [-0.1, -0.05) is 15.9 Å². The van der Waals surface area contributed by atoms with Gasteiger partial charge >= 0.3 is 0 Å². The minimum Gasteiger partial charge on any atom is -0.486 e. The zero-order chi connectivity index (χ0) is 14.8. The molecule has 1 aromatic rings. The van der Waals surface area contributed by atoms with Gasteiger partial charge in [0.1, 0.15) is 13.2 Å². The normalized spacial score (nSPS) is 23.9. The van der Waals surface area contributed by atoms with Crippen LogP contribution >= 0.6 is 15.9 Å². The van der Waals surface area contributed by atoms with Gasteiger partial charge in [0.15, 0.2) is 11.5 Å². The molecule has 0 amide bonds. The molecule has 3 rings (SSSR count). The Bertz CT molecular complexity index is 507. The Morgan fingerprint density at radius 1 is 1.33 bits per heavy atom. The van der Waals surface area contributed by atoms with Crippen LogP contribution in [0.25, 0.3) is 0 Å². The van der Waals surface area contributed by atoms with Crippen LogP contribution < -0.4 is 15.2 Å². The number of nitrogens with two attached hydrogens (primary N) is 1. The van der Waals surface area contributed by atoms with Crippen LogP contribution in [0.5, 0.6) is 11.5 Å².